The Kier molecular flexibility index (Phi) is 6.66. The Balaban J connectivity index is 1.20. The molecule has 1 aromatic heterocycles. The number of hydrogen-bond acceptors (Lipinski definition) is 5. The zero-order valence-electron chi connectivity index (χ0n) is 19.8. The zero-order valence-corrected chi connectivity index (χ0v) is 19.8. The molecule has 2 aliphatic rings. The van der Waals surface area contributed by atoms with Crippen LogP contribution in [0, 0.1) is 11.8 Å². The summed E-state index contributed by atoms with van der Waals surface area (Å²) in [7, 11) is 0. The van der Waals surface area contributed by atoms with Gasteiger partial charge in [0.05, 0.1) is 11.3 Å². The third-order valence-corrected chi connectivity index (χ3v) is 7.19. The van der Waals surface area contributed by atoms with Gasteiger partial charge in [0.25, 0.3) is 0 Å². The molecule has 2 aromatic carbocycles. The zero-order chi connectivity index (χ0) is 25.3. The minimum Gasteiger partial charge on any atom is -0.366 e. The van der Waals surface area contributed by atoms with Gasteiger partial charge in [-0.15, -0.1) is 10.2 Å². The predicted molar refractivity (Wildman–Crippen MR) is 132 cm³/mol. The van der Waals surface area contributed by atoms with Gasteiger partial charge in [-0.3, -0.25) is 4.79 Å². The molecule has 36 heavy (non-hydrogen) atoms. The van der Waals surface area contributed by atoms with E-state index in [1.807, 2.05) is 36.4 Å². The van der Waals surface area contributed by atoms with Crippen LogP contribution in [0.25, 0.3) is 11.3 Å². The van der Waals surface area contributed by atoms with Crippen molar-refractivity contribution in [3.63, 3.8) is 0 Å². The molecule has 1 amide bonds. The van der Waals surface area contributed by atoms with E-state index < -0.39 is 11.7 Å². The van der Waals surface area contributed by atoms with Crippen molar-refractivity contribution in [3.05, 3.63) is 71.8 Å². The number of amides is 1. The Labute approximate surface area is 207 Å². The summed E-state index contributed by atoms with van der Waals surface area (Å²) in [6.45, 7) is 2.28. The van der Waals surface area contributed by atoms with Crippen molar-refractivity contribution < 1.29 is 18.0 Å². The van der Waals surface area contributed by atoms with Gasteiger partial charge in [-0.25, -0.2) is 0 Å². The lowest BCUT2D eigenvalue weighted by atomic mass is 9.89. The molecule has 0 bridgehead atoms. The van der Waals surface area contributed by atoms with Gasteiger partial charge in [0.15, 0.2) is 0 Å². The Morgan fingerprint density at radius 3 is 2.50 bits per heavy atom. The van der Waals surface area contributed by atoms with Crippen LogP contribution in [0.15, 0.2) is 60.7 Å². The molecular formula is C27H28F3N5O. The number of rotatable bonds is 6. The Morgan fingerprint density at radius 2 is 1.81 bits per heavy atom. The highest BCUT2D eigenvalue weighted by molar-refractivity contribution is 5.88. The van der Waals surface area contributed by atoms with E-state index in [0.29, 0.717) is 29.6 Å². The molecule has 4 atom stereocenters. The third kappa shape index (κ3) is 5.36. The molecule has 1 saturated carbocycles. The van der Waals surface area contributed by atoms with E-state index in [-0.39, 0.29) is 18.0 Å². The van der Waals surface area contributed by atoms with E-state index in [0.717, 1.165) is 36.3 Å². The largest absolute Gasteiger partial charge is 0.416 e. The summed E-state index contributed by atoms with van der Waals surface area (Å²) < 4.78 is 40.3. The van der Waals surface area contributed by atoms with Crippen molar-refractivity contribution in [2.75, 3.05) is 17.2 Å². The van der Waals surface area contributed by atoms with Crippen LogP contribution in [0.5, 0.6) is 0 Å². The first-order valence-electron chi connectivity index (χ1n) is 12.1. The molecular weight excluding hydrogens is 467 g/mol. The lowest BCUT2D eigenvalue weighted by Crippen LogP contribution is -2.32. The molecule has 3 aromatic rings. The Morgan fingerprint density at radius 1 is 1.03 bits per heavy atom. The second kappa shape index (κ2) is 9.89. The maximum absolute atomic E-state index is 13.4. The molecule has 1 aliphatic carbocycles. The van der Waals surface area contributed by atoms with E-state index in [2.05, 4.69) is 26.1 Å². The topological polar surface area (TPSA) is 78.9 Å². The average Bonchev–Trinajstić information content (AvgIpc) is 3.40. The van der Waals surface area contributed by atoms with Gasteiger partial charge in [0.2, 0.25) is 5.91 Å². The number of carbonyl (C=O) groups excluding carboxylic acids is 1. The molecule has 0 radical (unpaired) electrons. The Hall–Kier alpha value is -3.46. The maximum Gasteiger partial charge on any atom is 0.416 e. The van der Waals surface area contributed by atoms with Crippen LogP contribution in [0.4, 0.5) is 24.7 Å². The number of nitrogens with one attached hydrogen (secondary N) is 3. The lowest BCUT2D eigenvalue weighted by Gasteiger charge is -2.22. The fourth-order valence-electron chi connectivity index (χ4n) is 5.59. The number of anilines is 2. The van der Waals surface area contributed by atoms with Gasteiger partial charge in [-0.2, -0.15) is 13.2 Å². The number of hydrogen-bond donors (Lipinski definition) is 3. The first kappa shape index (κ1) is 24.2. The molecule has 188 valence electrons. The lowest BCUT2D eigenvalue weighted by molar-refractivity contribution is -0.138. The number of carbonyl (C=O) groups is 1. The van der Waals surface area contributed by atoms with Gasteiger partial charge in [-0.05, 0) is 73.5 Å². The molecule has 9 heteroatoms. The molecule has 1 aliphatic heterocycles. The van der Waals surface area contributed by atoms with Gasteiger partial charge >= 0.3 is 6.18 Å². The van der Waals surface area contributed by atoms with Crippen LogP contribution in [0.3, 0.4) is 0 Å². The fraction of sp³-hybridized carbons (Fsp3) is 0.370. The highest BCUT2D eigenvalue weighted by Gasteiger charge is 2.44. The molecule has 2 heterocycles. The first-order valence-corrected chi connectivity index (χ1v) is 12.1. The van der Waals surface area contributed by atoms with Crippen LogP contribution in [0.1, 0.15) is 30.9 Å². The molecule has 0 spiro atoms. The number of nitrogens with zero attached hydrogens (tertiary/aromatic N) is 2. The van der Waals surface area contributed by atoms with Crippen molar-refractivity contribution in [1.29, 1.82) is 0 Å². The molecule has 6 nitrogen and oxygen atoms in total. The van der Waals surface area contributed by atoms with Crippen molar-refractivity contribution in [2.45, 2.75) is 44.4 Å². The van der Waals surface area contributed by atoms with Gasteiger partial charge < -0.3 is 16.0 Å². The number of aromatic nitrogens is 2. The SMILES string of the molecule is CC(=O)Nc1ccc(-c2ccc(N[C@H]3C[C@@H]4CN[C@@H](Cc5ccccc5C(F)(F)F)[C@H]4C3)nn2)cc1. The van der Waals surface area contributed by atoms with E-state index in [1.165, 1.54) is 19.1 Å². The summed E-state index contributed by atoms with van der Waals surface area (Å²) in [4.78, 5) is 11.2. The second-order valence-corrected chi connectivity index (χ2v) is 9.67. The summed E-state index contributed by atoms with van der Waals surface area (Å²) in [5, 5.41) is 18.3. The van der Waals surface area contributed by atoms with Crippen molar-refractivity contribution >= 4 is 17.4 Å². The second-order valence-electron chi connectivity index (χ2n) is 9.67. The van der Waals surface area contributed by atoms with Crippen molar-refractivity contribution in [3.8, 4) is 11.3 Å². The molecule has 0 unspecified atom stereocenters. The fourth-order valence-corrected chi connectivity index (χ4v) is 5.59. The summed E-state index contributed by atoms with van der Waals surface area (Å²) >= 11 is 0. The number of benzene rings is 2. The molecule has 3 N–H and O–H groups in total. The smallest absolute Gasteiger partial charge is 0.366 e. The minimum atomic E-state index is -4.34. The standard InChI is InChI=1S/C27H28F3N5O/c1-16(36)32-20-8-6-17(7-9-20)24-10-11-26(35-34-24)33-21-12-19-15-31-25(22(19)14-21)13-18-4-2-3-5-23(18)27(28,29)30/h2-11,19,21-22,25,31H,12-15H2,1H3,(H,32,36)(H,33,35)/t19-,21+,22+,25+/m1/s1. The van der Waals surface area contributed by atoms with Crippen molar-refractivity contribution in [2.24, 2.45) is 11.8 Å². The molecule has 1 saturated heterocycles. The van der Waals surface area contributed by atoms with Crippen molar-refractivity contribution in [1.82, 2.24) is 15.5 Å². The number of fused-ring (bicyclic) bond motifs is 1. The average molecular weight is 496 g/mol. The van der Waals surface area contributed by atoms with Crippen LogP contribution in [-0.2, 0) is 17.4 Å². The highest BCUT2D eigenvalue weighted by atomic mass is 19.4. The van der Waals surface area contributed by atoms with E-state index in [1.54, 1.807) is 12.1 Å². The minimum absolute atomic E-state index is 0.0271. The monoisotopic (exact) mass is 495 g/mol. The van der Waals surface area contributed by atoms with Crippen LogP contribution >= 0.6 is 0 Å². The summed E-state index contributed by atoms with van der Waals surface area (Å²) in [6, 6.07) is 17.3. The van der Waals surface area contributed by atoms with E-state index >= 15 is 0 Å². The predicted octanol–water partition coefficient (Wildman–Crippen LogP) is 5.14. The van der Waals surface area contributed by atoms with Crippen LogP contribution in [0.2, 0.25) is 0 Å². The van der Waals surface area contributed by atoms with Crippen LogP contribution < -0.4 is 16.0 Å². The van der Waals surface area contributed by atoms with Crippen LogP contribution in [-0.4, -0.2) is 34.7 Å². The van der Waals surface area contributed by atoms with Gasteiger partial charge in [-0.1, -0.05) is 30.3 Å². The quantitative estimate of drug-likeness (QED) is 0.441. The van der Waals surface area contributed by atoms with Gasteiger partial charge in [0.1, 0.15) is 5.82 Å². The molecule has 5 rings (SSSR count). The number of alkyl halides is 3. The summed E-state index contributed by atoms with van der Waals surface area (Å²) in [5.74, 6) is 1.31. The van der Waals surface area contributed by atoms with E-state index in [9.17, 15) is 18.0 Å². The molecule has 2 fully saturated rings. The normalized spacial score (nSPS) is 23.3. The Bertz CT molecular complexity index is 1210. The maximum atomic E-state index is 13.4. The number of halogens is 3. The highest BCUT2D eigenvalue weighted by Crippen LogP contribution is 2.41. The first-order chi connectivity index (χ1) is 17.3. The third-order valence-electron chi connectivity index (χ3n) is 7.19. The summed E-state index contributed by atoms with van der Waals surface area (Å²) in [5.41, 5.74) is 2.16. The van der Waals surface area contributed by atoms with E-state index in [4.69, 9.17) is 0 Å². The van der Waals surface area contributed by atoms with Gasteiger partial charge in [0, 0.05) is 30.3 Å². The summed E-state index contributed by atoms with van der Waals surface area (Å²) in [6.07, 6.45) is -2.14.